The monoisotopic (exact) mass is 420 g/mol. The molecule has 3 N–H and O–H groups in total. The molecule has 1 amide bonds. The number of carbonyl (C=O) groups is 1. The van der Waals surface area contributed by atoms with Gasteiger partial charge in [0.25, 0.3) is 5.91 Å². The van der Waals surface area contributed by atoms with Crippen molar-refractivity contribution in [2.75, 3.05) is 26.0 Å². The number of hydrogen-bond donors (Lipinski definition) is 2. The van der Waals surface area contributed by atoms with E-state index >= 15 is 0 Å². The summed E-state index contributed by atoms with van der Waals surface area (Å²) in [4.78, 5) is 12.7. The van der Waals surface area contributed by atoms with E-state index in [1.54, 1.807) is 18.2 Å². The summed E-state index contributed by atoms with van der Waals surface area (Å²) in [5.41, 5.74) is 0.933. The number of nitrogens with two attached hydrogens (primary N) is 1. The predicted octanol–water partition coefficient (Wildman–Crippen LogP) is 2.04. The normalized spacial score (nSPS) is 31.8. The van der Waals surface area contributed by atoms with Gasteiger partial charge in [0.15, 0.2) is 6.54 Å². The molecule has 1 aromatic carbocycles. The Labute approximate surface area is 174 Å². The molecular weight excluding hydrogens is 386 g/mol. The van der Waals surface area contributed by atoms with Crippen LogP contribution in [0.15, 0.2) is 29.2 Å². The van der Waals surface area contributed by atoms with Crippen LogP contribution in [0.5, 0.6) is 0 Å². The van der Waals surface area contributed by atoms with Crippen LogP contribution in [0.3, 0.4) is 0 Å². The number of rotatable bonds is 7. The first-order valence-corrected chi connectivity index (χ1v) is 12.3. The SMILES string of the molecule is C[C@H]([NH2+]CC(=O)Nc1cccc(S(=O)(=O)N(C)C)c1)C12CC3CC(CC(C3)C1)C2. The minimum absolute atomic E-state index is 0.0824. The molecule has 0 radical (unpaired) electrons. The average molecular weight is 421 g/mol. The lowest BCUT2D eigenvalue weighted by molar-refractivity contribution is -0.692. The summed E-state index contributed by atoms with van der Waals surface area (Å²) in [5.74, 6) is 2.65. The summed E-state index contributed by atoms with van der Waals surface area (Å²) >= 11 is 0. The van der Waals surface area contributed by atoms with E-state index in [1.165, 1.54) is 63.0 Å². The lowest BCUT2D eigenvalue weighted by Crippen LogP contribution is -2.94. The van der Waals surface area contributed by atoms with Crippen molar-refractivity contribution in [2.45, 2.75) is 56.4 Å². The molecule has 1 aromatic rings. The molecular formula is C22H34N3O3S+. The summed E-state index contributed by atoms with van der Waals surface area (Å²) in [5, 5.41) is 5.07. The van der Waals surface area contributed by atoms with Crippen molar-refractivity contribution in [1.82, 2.24) is 4.31 Å². The third-order valence-electron chi connectivity index (χ3n) is 7.60. The number of quaternary nitrogens is 1. The zero-order valence-corrected chi connectivity index (χ0v) is 18.5. The van der Waals surface area contributed by atoms with Gasteiger partial charge in [0.05, 0.1) is 10.9 Å². The first kappa shape index (κ1) is 20.8. The van der Waals surface area contributed by atoms with Gasteiger partial charge in [-0.3, -0.25) is 4.79 Å². The van der Waals surface area contributed by atoms with Crippen LogP contribution in [0.1, 0.15) is 45.4 Å². The highest BCUT2D eigenvalue weighted by atomic mass is 32.2. The van der Waals surface area contributed by atoms with Crippen molar-refractivity contribution < 1.29 is 18.5 Å². The van der Waals surface area contributed by atoms with E-state index in [0.29, 0.717) is 23.7 Å². The van der Waals surface area contributed by atoms with Crippen LogP contribution >= 0.6 is 0 Å². The zero-order valence-electron chi connectivity index (χ0n) is 17.7. The van der Waals surface area contributed by atoms with Crippen molar-refractivity contribution in [3.05, 3.63) is 24.3 Å². The van der Waals surface area contributed by atoms with Gasteiger partial charge in [-0.25, -0.2) is 12.7 Å². The smallest absolute Gasteiger partial charge is 0.279 e. The van der Waals surface area contributed by atoms with E-state index in [-0.39, 0.29) is 10.8 Å². The summed E-state index contributed by atoms with van der Waals surface area (Å²) in [7, 11) is -0.510. The summed E-state index contributed by atoms with van der Waals surface area (Å²) < 4.78 is 25.8. The molecule has 5 rings (SSSR count). The number of benzene rings is 1. The number of nitrogens with zero attached hydrogens (tertiary/aromatic N) is 1. The van der Waals surface area contributed by atoms with Gasteiger partial charge in [0.2, 0.25) is 10.0 Å². The van der Waals surface area contributed by atoms with Gasteiger partial charge < -0.3 is 10.6 Å². The molecule has 0 spiro atoms. The number of anilines is 1. The number of carbonyl (C=O) groups excluding carboxylic acids is 1. The van der Waals surface area contributed by atoms with E-state index < -0.39 is 10.0 Å². The molecule has 0 aromatic heterocycles. The Bertz CT molecular complexity index is 846. The lowest BCUT2D eigenvalue weighted by Gasteiger charge is -2.57. The molecule has 4 aliphatic carbocycles. The average Bonchev–Trinajstić information content (AvgIpc) is 2.65. The predicted molar refractivity (Wildman–Crippen MR) is 113 cm³/mol. The topological polar surface area (TPSA) is 83.1 Å². The molecule has 0 aliphatic heterocycles. The third-order valence-corrected chi connectivity index (χ3v) is 9.42. The Balaban J connectivity index is 1.35. The summed E-state index contributed by atoms with van der Waals surface area (Å²) in [6.45, 7) is 2.66. The molecule has 160 valence electrons. The van der Waals surface area contributed by atoms with E-state index in [1.807, 2.05) is 0 Å². The number of amides is 1. The standard InChI is InChI=1S/C22H33N3O3S/c1-15(22-11-16-7-17(12-22)9-18(8-16)13-22)23-14-21(26)24-19-5-4-6-20(10-19)29(27,28)25(2)3/h4-6,10,15-18,23H,7-9,11-14H2,1-3H3,(H,24,26)/p+1/t15-,16?,17?,18?,22?/m0/s1. The summed E-state index contributed by atoms with van der Waals surface area (Å²) in [6.07, 6.45) is 8.30. The molecule has 4 fully saturated rings. The molecule has 4 bridgehead atoms. The highest BCUT2D eigenvalue weighted by Crippen LogP contribution is 2.60. The molecule has 4 aliphatic rings. The molecule has 0 heterocycles. The maximum atomic E-state index is 12.5. The fourth-order valence-corrected chi connectivity index (χ4v) is 7.37. The number of sulfonamides is 1. The maximum absolute atomic E-state index is 12.5. The molecule has 0 unspecified atom stereocenters. The van der Waals surface area contributed by atoms with E-state index in [4.69, 9.17) is 0 Å². The first-order valence-electron chi connectivity index (χ1n) is 10.8. The maximum Gasteiger partial charge on any atom is 0.279 e. The van der Waals surface area contributed by atoms with Crippen LogP contribution in [0.2, 0.25) is 0 Å². The van der Waals surface area contributed by atoms with E-state index in [9.17, 15) is 13.2 Å². The van der Waals surface area contributed by atoms with E-state index in [2.05, 4.69) is 17.6 Å². The largest absolute Gasteiger partial charge is 0.336 e. The molecule has 7 heteroatoms. The molecule has 0 saturated heterocycles. The molecule has 1 atom stereocenters. The van der Waals surface area contributed by atoms with Crippen molar-refractivity contribution in [1.29, 1.82) is 0 Å². The Morgan fingerprint density at radius 3 is 2.31 bits per heavy atom. The van der Waals surface area contributed by atoms with Crippen LogP contribution in [-0.2, 0) is 14.8 Å². The van der Waals surface area contributed by atoms with Gasteiger partial charge >= 0.3 is 0 Å². The Morgan fingerprint density at radius 1 is 1.17 bits per heavy atom. The third kappa shape index (κ3) is 4.09. The van der Waals surface area contributed by atoms with Crippen LogP contribution in [0.25, 0.3) is 0 Å². The minimum Gasteiger partial charge on any atom is -0.336 e. The van der Waals surface area contributed by atoms with Crippen molar-refractivity contribution in [3.63, 3.8) is 0 Å². The van der Waals surface area contributed by atoms with Crippen molar-refractivity contribution in [3.8, 4) is 0 Å². The van der Waals surface area contributed by atoms with Crippen molar-refractivity contribution in [2.24, 2.45) is 23.2 Å². The number of nitrogens with one attached hydrogen (secondary N) is 1. The van der Waals surface area contributed by atoms with Crippen LogP contribution in [0, 0.1) is 23.2 Å². The van der Waals surface area contributed by atoms with Crippen molar-refractivity contribution >= 4 is 21.6 Å². The Hall–Kier alpha value is -1.44. The van der Waals surface area contributed by atoms with Gasteiger partial charge in [-0.2, -0.15) is 0 Å². The fourth-order valence-electron chi connectivity index (χ4n) is 6.43. The van der Waals surface area contributed by atoms with Gasteiger partial charge in [-0.05, 0) is 81.4 Å². The van der Waals surface area contributed by atoms with Gasteiger partial charge in [0, 0.05) is 25.2 Å². The van der Waals surface area contributed by atoms with Gasteiger partial charge in [-0.15, -0.1) is 0 Å². The fraction of sp³-hybridized carbons (Fsp3) is 0.682. The summed E-state index contributed by atoms with van der Waals surface area (Å²) in [6, 6.07) is 6.91. The zero-order chi connectivity index (χ0) is 20.8. The van der Waals surface area contributed by atoms with Gasteiger partial charge in [0.1, 0.15) is 0 Å². The van der Waals surface area contributed by atoms with Crippen LogP contribution in [0.4, 0.5) is 5.69 Å². The van der Waals surface area contributed by atoms with Crippen LogP contribution < -0.4 is 10.6 Å². The minimum atomic E-state index is -3.51. The molecule has 4 saturated carbocycles. The Morgan fingerprint density at radius 2 is 1.76 bits per heavy atom. The lowest BCUT2D eigenvalue weighted by atomic mass is 9.48. The molecule has 29 heavy (non-hydrogen) atoms. The van der Waals surface area contributed by atoms with Gasteiger partial charge in [-0.1, -0.05) is 6.07 Å². The van der Waals surface area contributed by atoms with Crippen LogP contribution in [-0.4, -0.2) is 45.3 Å². The highest BCUT2D eigenvalue weighted by Gasteiger charge is 2.54. The first-order chi connectivity index (χ1) is 13.7. The second-order valence-electron chi connectivity index (χ2n) is 9.87. The second kappa shape index (κ2) is 7.67. The Kier molecular flexibility index (Phi) is 5.51. The highest BCUT2D eigenvalue weighted by molar-refractivity contribution is 7.89. The van der Waals surface area contributed by atoms with E-state index in [0.717, 1.165) is 17.8 Å². The number of hydrogen-bond acceptors (Lipinski definition) is 3. The molecule has 6 nitrogen and oxygen atoms in total. The quantitative estimate of drug-likeness (QED) is 0.708. The second-order valence-corrected chi connectivity index (χ2v) is 12.0.